The fourth-order valence-electron chi connectivity index (χ4n) is 1.37. The molecule has 0 fully saturated rings. The number of nitro groups is 1. The van der Waals surface area contributed by atoms with Gasteiger partial charge in [-0.2, -0.15) is 0 Å². The molecule has 1 rings (SSSR count). The van der Waals surface area contributed by atoms with Gasteiger partial charge >= 0.3 is 5.97 Å². The van der Waals surface area contributed by atoms with Crippen molar-refractivity contribution in [2.45, 2.75) is 0 Å². The number of hydrogen-bond acceptors (Lipinski definition) is 6. The fourth-order valence-corrected chi connectivity index (χ4v) is 1.37. The lowest BCUT2D eigenvalue weighted by atomic mass is 10.1. The third-order valence-corrected chi connectivity index (χ3v) is 2.35. The third kappa shape index (κ3) is 5.04. The summed E-state index contributed by atoms with van der Waals surface area (Å²) in [4.78, 5) is 21.3. The minimum atomic E-state index is -1.42. The minimum absolute atomic E-state index is 0.0482. The average Bonchev–Trinajstić information content (AvgIpc) is 2.44. The molecule has 0 saturated carbocycles. The Balaban J connectivity index is 2.65. The van der Waals surface area contributed by atoms with Gasteiger partial charge in [0.05, 0.1) is 30.8 Å². The zero-order valence-corrected chi connectivity index (χ0v) is 11.1. The van der Waals surface area contributed by atoms with Crippen LogP contribution in [0, 0.1) is 21.7 Å². The number of nitro benzene ring substituents is 1. The Morgan fingerprint density at radius 3 is 2.43 bits per heavy atom. The first-order valence-corrected chi connectivity index (χ1v) is 5.84. The van der Waals surface area contributed by atoms with Gasteiger partial charge in [-0.1, -0.05) is 0 Å². The summed E-state index contributed by atoms with van der Waals surface area (Å²) in [7, 11) is 1.49. The molecule has 0 aromatic heterocycles. The van der Waals surface area contributed by atoms with Crippen LogP contribution in [0.1, 0.15) is 10.4 Å². The molecule has 1 aromatic carbocycles. The van der Waals surface area contributed by atoms with Gasteiger partial charge in [-0.25, -0.2) is 13.6 Å². The molecule has 21 heavy (non-hydrogen) atoms. The van der Waals surface area contributed by atoms with Crippen molar-refractivity contribution in [3.8, 4) is 0 Å². The van der Waals surface area contributed by atoms with Crippen molar-refractivity contribution in [3.05, 3.63) is 39.4 Å². The smallest absolute Gasteiger partial charge is 0.345 e. The number of benzene rings is 1. The van der Waals surface area contributed by atoms with Crippen LogP contribution >= 0.6 is 0 Å². The van der Waals surface area contributed by atoms with E-state index in [1.807, 2.05) is 0 Å². The van der Waals surface area contributed by atoms with Crippen molar-refractivity contribution in [2.75, 3.05) is 33.5 Å². The SMILES string of the molecule is COCCOCCOC(=O)c1cc(F)c(F)cc1[N+](=O)[O-]. The number of esters is 1. The van der Waals surface area contributed by atoms with Crippen LogP contribution in [-0.4, -0.2) is 44.4 Å². The number of carbonyl (C=O) groups excluding carboxylic acids is 1. The predicted octanol–water partition coefficient (Wildman–Crippen LogP) is 1.69. The van der Waals surface area contributed by atoms with Crippen molar-refractivity contribution in [3.63, 3.8) is 0 Å². The second-order valence-corrected chi connectivity index (χ2v) is 3.78. The van der Waals surface area contributed by atoms with E-state index in [2.05, 4.69) is 0 Å². The van der Waals surface area contributed by atoms with Crippen LogP contribution in [0.3, 0.4) is 0 Å². The number of methoxy groups -OCH3 is 1. The zero-order chi connectivity index (χ0) is 15.8. The molecule has 0 saturated heterocycles. The first-order valence-electron chi connectivity index (χ1n) is 5.84. The van der Waals surface area contributed by atoms with Crippen molar-refractivity contribution in [1.29, 1.82) is 0 Å². The normalized spacial score (nSPS) is 10.4. The minimum Gasteiger partial charge on any atom is -0.459 e. The molecular weight excluding hydrogens is 292 g/mol. The van der Waals surface area contributed by atoms with E-state index in [4.69, 9.17) is 14.2 Å². The summed E-state index contributed by atoms with van der Waals surface area (Å²) in [6, 6.07) is 0.766. The summed E-state index contributed by atoms with van der Waals surface area (Å²) in [5.74, 6) is -3.92. The van der Waals surface area contributed by atoms with Crippen LogP contribution in [0.15, 0.2) is 12.1 Å². The number of ether oxygens (including phenoxy) is 3. The highest BCUT2D eigenvalue weighted by molar-refractivity contribution is 5.93. The molecule has 0 atom stereocenters. The molecule has 0 amide bonds. The highest BCUT2D eigenvalue weighted by atomic mass is 19.2. The van der Waals surface area contributed by atoms with Crippen LogP contribution in [0.5, 0.6) is 0 Å². The standard InChI is InChI=1S/C12H13F2NO6/c1-19-2-3-20-4-5-21-12(16)8-6-9(13)10(14)7-11(8)15(17)18/h6-7H,2-5H2,1H3. The van der Waals surface area contributed by atoms with Gasteiger partial charge in [0.1, 0.15) is 12.2 Å². The lowest BCUT2D eigenvalue weighted by molar-refractivity contribution is -0.385. The zero-order valence-electron chi connectivity index (χ0n) is 11.1. The molecule has 0 unspecified atom stereocenters. The highest BCUT2D eigenvalue weighted by Crippen LogP contribution is 2.23. The molecule has 1 aromatic rings. The molecule has 116 valence electrons. The summed E-state index contributed by atoms with van der Waals surface area (Å²) in [5.41, 5.74) is -1.52. The largest absolute Gasteiger partial charge is 0.459 e. The van der Waals surface area contributed by atoms with E-state index >= 15 is 0 Å². The summed E-state index contributed by atoms with van der Waals surface area (Å²) in [5, 5.41) is 10.7. The summed E-state index contributed by atoms with van der Waals surface area (Å²) >= 11 is 0. The van der Waals surface area contributed by atoms with Gasteiger partial charge in [-0.05, 0) is 6.07 Å². The molecule has 9 heteroatoms. The molecule has 0 heterocycles. The second-order valence-electron chi connectivity index (χ2n) is 3.78. The number of halogens is 2. The van der Waals surface area contributed by atoms with Gasteiger partial charge in [0.25, 0.3) is 5.69 Å². The van der Waals surface area contributed by atoms with Crippen molar-refractivity contribution in [1.82, 2.24) is 0 Å². The molecule has 0 spiro atoms. The van der Waals surface area contributed by atoms with E-state index in [1.165, 1.54) is 7.11 Å². The lowest BCUT2D eigenvalue weighted by Crippen LogP contribution is -2.14. The van der Waals surface area contributed by atoms with Crippen LogP contribution in [0.2, 0.25) is 0 Å². The van der Waals surface area contributed by atoms with E-state index in [-0.39, 0.29) is 13.2 Å². The number of hydrogen-bond donors (Lipinski definition) is 0. The molecule has 0 aliphatic heterocycles. The number of rotatable bonds is 8. The van der Waals surface area contributed by atoms with Crippen molar-refractivity contribution in [2.24, 2.45) is 0 Å². The lowest BCUT2D eigenvalue weighted by Gasteiger charge is -2.06. The Kier molecular flexibility index (Phi) is 6.63. The molecular formula is C12H13F2NO6. The first kappa shape index (κ1) is 16.9. The summed E-state index contributed by atoms with van der Waals surface area (Å²) in [6.07, 6.45) is 0. The Bertz CT molecular complexity index is 523. The van der Waals surface area contributed by atoms with E-state index < -0.39 is 33.8 Å². The van der Waals surface area contributed by atoms with E-state index in [0.717, 1.165) is 0 Å². The van der Waals surface area contributed by atoms with Crippen molar-refractivity contribution >= 4 is 11.7 Å². The van der Waals surface area contributed by atoms with Crippen LogP contribution in [0.4, 0.5) is 14.5 Å². The van der Waals surface area contributed by atoms with Gasteiger partial charge < -0.3 is 14.2 Å². The van der Waals surface area contributed by atoms with Crippen LogP contribution in [0.25, 0.3) is 0 Å². The number of carbonyl (C=O) groups is 1. The van der Waals surface area contributed by atoms with Gasteiger partial charge in [0.2, 0.25) is 0 Å². The Morgan fingerprint density at radius 2 is 1.81 bits per heavy atom. The summed E-state index contributed by atoms with van der Waals surface area (Å²) in [6.45, 7) is 0.521. The molecule has 0 aliphatic carbocycles. The quantitative estimate of drug-likeness (QED) is 0.314. The van der Waals surface area contributed by atoms with Crippen LogP contribution < -0.4 is 0 Å². The van der Waals surface area contributed by atoms with E-state index in [1.54, 1.807) is 0 Å². The Hall–Kier alpha value is -2.13. The van der Waals surface area contributed by atoms with Gasteiger partial charge in [-0.3, -0.25) is 10.1 Å². The average molecular weight is 305 g/mol. The van der Waals surface area contributed by atoms with Crippen molar-refractivity contribution < 1.29 is 32.7 Å². The third-order valence-electron chi connectivity index (χ3n) is 2.35. The fraction of sp³-hybridized carbons (Fsp3) is 0.417. The molecule has 0 aliphatic rings. The van der Waals surface area contributed by atoms with E-state index in [0.29, 0.717) is 25.3 Å². The Morgan fingerprint density at radius 1 is 1.19 bits per heavy atom. The molecule has 0 bridgehead atoms. The first-order chi connectivity index (χ1) is 9.97. The van der Waals surface area contributed by atoms with E-state index in [9.17, 15) is 23.7 Å². The maximum absolute atomic E-state index is 13.1. The summed E-state index contributed by atoms with van der Waals surface area (Å²) < 4.78 is 40.4. The highest BCUT2D eigenvalue weighted by Gasteiger charge is 2.24. The molecule has 0 radical (unpaired) electrons. The number of nitrogens with zero attached hydrogens (tertiary/aromatic N) is 1. The molecule has 0 N–H and O–H groups in total. The molecule has 7 nitrogen and oxygen atoms in total. The van der Waals surface area contributed by atoms with Gasteiger partial charge in [-0.15, -0.1) is 0 Å². The van der Waals surface area contributed by atoms with Gasteiger partial charge in [0.15, 0.2) is 11.6 Å². The topological polar surface area (TPSA) is 87.9 Å². The monoisotopic (exact) mass is 305 g/mol. The maximum Gasteiger partial charge on any atom is 0.345 e. The van der Waals surface area contributed by atoms with Crippen LogP contribution in [-0.2, 0) is 14.2 Å². The van der Waals surface area contributed by atoms with Gasteiger partial charge in [0, 0.05) is 7.11 Å². The second kappa shape index (κ2) is 8.22. The predicted molar refractivity (Wildman–Crippen MR) is 66.0 cm³/mol. The maximum atomic E-state index is 13.1. The Labute approximate surface area is 118 Å².